The monoisotopic (exact) mass is 360 g/mol. The molecule has 0 aliphatic heterocycles. The van der Waals surface area contributed by atoms with Gasteiger partial charge in [0.25, 0.3) is 5.91 Å². The molecule has 0 aliphatic carbocycles. The van der Waals surface area contributed by atoms with Crippen LogP contribution < -0.4 is 0 Å². The summed E-state index contributed by atoms with van der Waals surface area (Å²) in [7, 11) is 1.66. The zero-order chi connectivity index (χ0) is 18.8. The Morgan fingerprint density at radius 2 is 1.78 bits per heavy atom. The van der Waals surface area contributed by atoms with E-state index < -0.39 is 0 Å². The Balaban J connectivity index is 1.65. The fraction of sp³-hybridized carbons (Fsp3) is 0.0909. The topological polar surface area (TPSA) is 46.3 Å². The summed E-state index contributed by atoms with van der Waals surface area (Å²) in [6, 6.07) is 21.3. The average molecular weight is 360 g/mol. The molecule has 0 saturated carbocycles. The molecular weight excluding hydrogens is 343 g/mol. The van der Waals surface area contributed by atoms with Gasteiger partial charge in [-0.2, -0.15) is 0 Å². The largest absolute Gasteiger partial charge is 0.355 e. The number of hydrogen-bond donors (Lipinski definition) is 0. The third kappa shape index (κ3) is 3.31. The maximum Gasteiger partial charge on any atom is 0.253 e. The van der Waals surface area contributed by atoms with Crippen molar-refractivity contribution in [2.24, 2.45) is 0 Å². The second-order valence-electron chi connectivity index (χ2n) is 6.36. The fourth-order valence-electron chi connectivity index (χ4n) is 3.05. The molecule has 0 atom stereocenters. The molecule has 0 unspecified atom stereocenters. The number of aromatic nitrogens is 1. The highest BCUT2D eigenvalue weighted by Gasteiger charge is 2.17. The van der Waals surface area contributed by atoms with Crippen molar-refractivity contribution in [3.8, 4) is 11.3 Å². The van der Waals surface area contributed by atoms with Gasteiger partial charge in [-0.3, -0.25) is 4.79 Å². The first-order chi connectivity index (χ1) is 13.1. The first kappa shape index (κ1) is 17.0. The third-order valence-electron chi connectivity index (χ3n) is 4.47. The minimum Gasteiger partial charge on any atom is -0.355 e. The number of benzene rings is 3. The molecule has 0 fully saturated rings. The van der Waals surface area contributed by atoms with Crippen molar-refractivity contribution in [3.05, 3.63) is 89.7 Å². The summed E-state index contributed by atoms with van der Waals surface area (Å²) in [5.41, 5.74) is 2.55. The maximum atomic E-state index is 13.9. The molecule has 0 aliphatic rings. The highest BCUT2D eigenvalue weighted by atomic mass is 19.1. The molecule has 4 aromatic rings. The highest BCUT2D eigenvalue weighted by Crippen LogP contribution is 2.29. The van der Waals surface area contributed by atoms with Crippen LogP contribution in [0.25, 0.3) is 22.2 Å². The number of rotatable bonds is 4. The van der Waals surface area contributed by atoms with Gasteiger partial charge in [-0.25, -0.2) is 4.39 Å². The van der Waals surface area contributed by atoms with Crippen LogP contribution in [0.1, 0.15) is 15.9 Å². The molecule has 4 rings (SSSR count). The zero-order valence-electron chi connectivity index (χ0n) is 14.7. The van der Waals surface area contributed by atoms with Gasteiger partial charge < -0.3 is 9.42 Å². The van der Waals surface area contributed by atoms with Gasteiger partial charge in [-0.15, -0.1) is 0 Å². The molecule has 1 heterocycles. The molecule has 1 aromatic heterocycles. The Labute approximate surface area is 155 Å². The number of halogens is 1. The number of carbonyl (C=O) groups excluding carboxylic acids is 1. The first-order valence-corrected chi connectivity index (χ1v) is 8.57. The lowest BCUT2D eigenvalue weighted by atomic mass is 10.1. The second-order valence-corrected chi connectivity index (χ2v) is 6.36. The maximum absolute atomic E-state index is 13.9. The zero-order valence-corrected chi connectivity index (χ0v) is 14.7. The van der Waals surface area contributed by atoms with Crippen LogP contribution >= 0.6 is 0 Å². The molecule has 0 saturated heterocycles. The Hall–Kier alpha value is -3.47. The van der Waals surface area contributed by atoms with Crippen LogP contribution in [0.5, 0.6) is 0 Å². The summed E-state index contributed by atoms with van der Waals surface area (Å²) in [5.74, 6) is 0.107. The van der Waals surface area contributed by atoms with Crippen molar-refractivity contribution in [2.75, 3.05) is 7.05 Å². The first-order valence-electron chi connectivity index (χ1n) is 8.57. The van der Waals surface area contributed by atoms with E-state index in [-0.39, 0.29) is 18.3 Å². The van der Waals surface area contributed by atoms with Gasteiger partial charge in [0, 0.05) is 30.3 Å². The van der Waals surface area contributed by atoms with Crippen molar-refractivity contribution in [3.63, 3.8) is 0 Å². The van der Waals surface area contributed by atoms with Crippen LogP contribution in [0.2, 0.25) is 0 Å². The molecule has 5 heteroatoms. The SMILES string of the molecule is CN(Cc1ccccc1F)C(=O)c1ccc2noc(-c3ccccc3)c2c1. The van der Waals surface area contributed by atoms with Crippen molar-refractivity contribution >= 4 is 16.8 Å². The van der Waals surface area contributed by atoms with Gasteiger partial charge in [-0.1, -0.05) is 53.7 Å². The van der Waals surface area contributed by atoms with Crippen molar-refractivity contribution in [1.82, 2.24) is 10.1 Å². The van der Waals surface area contributed by atoms with Crippen LogP contribution in [-0.2, 0) is 6.54 Å². The van der Waals surface area contributed by atoms with Gasteiger partial charge >= 0.3 is 0 Å². The number of carbonyl (C=O) groups is 1. The predicted molar refractivity (Wildman–Crippen MR) is 102 cm³/mol. The number of nitrogens with zero attached hydrogens (tertiary/aromatic N) is 2. The van der Waals surface area contributed by atoms with Crippen molar-refractivity contribution in [1.29, 1.82) is 0 Å². The van der Waals surface area contributed by atoms with E-state index in [0.717, 1.165) is 10.9 Å². The van der Waals surface area contributed by atoms with Gasteiger partial charge in [0.15, 0.2) is 5.76 Å². The predicted octanol–water partition coefficient (Wildman–Crippen LogP) is 4.91. The lowest BCUT2D eigenvalue weighted by Crippen LogP contribution is -2.26. The van der Waals surface area contributed by atoms with Crippen LogP contribution in [0.3, 0.4) is 0 Å². The van der Waals surface area contributed by atoms with E-state index in [0.29, 0.717) is 22.4 Å². The quantitative estimate of drug-likeness (QED) is 0.520. The molecule has 0 N–H and O–H groups in total. The highest BCUT2D eigenvalue weighted by molar-refractivity contribution is 6.00. The Bertz CT molecular complexity index is 1110. The van der Waals surface area contributed by atoms with Gasteiger partial charge in [0.05, 0.1) is 5.39 Å². The van der Waals surface area contributed by atoms with E-state index in [1.165, 1.54) is 11.0 Å². The minimum absolute atomic E-state index is 0.193. The lowest BCUT2D eigenvalue weighted by molar-refractivity contribution is 0.0784. The summed E-state index contributed by atoms with van der Waals surface area (Å²) < 4.78 is 19.3. The molecule has 27 heavy (non-hydrogen) atoms. The lowest BCUT2D eigenvalue weighted by Gasteiger charge is -2.17. The normalized spacial score (nSPS) is 10.9. The van der Waals surface area contributed by atoms with Gasteiger partial charge in [0.2, 0.25) is 0 Å². The van der Waals surface area contributed by atoms with Crippen LogP contribution in [-0.4, -0.2) is 23.0 Å². The molecule has 3 aromatic carbocycles. The molecule has 4 nitrogen and oxygen atoms in total. The van der Waals surface area contributed by atoms with Gasteiger partial charge in [-0.05, 0) is 24.3 Å². The molecule has 0 spiro atoms. The second kappa shape index (κ2) is 7.03. The number of fused-ring (bicyclic) bond motifs is 1. The van der Waals surface area contributed by atoms with Crippen LogP contribution in [0.4, 0.5) is 4.39 Å². The molecular formula is C22H17FN2O2. The van der Waals surface area contributed by atoms with Gasteiger partial charge in [0.1, 0.15) is 11.3 Å². The standard InChI is InChI=1S/C22H17FN2O2/c1-25(14-17-9-5-6-10-19(17)23)22(26)16-11-12-20-18(13-16)21(27-24-20)15-7-3-2-4-8-15/h2-13H,14H2,1H3. The average Bonchev–Trinajstić information content (AvgIpc) is 3.13. The van der Waals surface area contributed by atoms with E-state index in [4.69, 9.17) is 4.52 Å². The summed E-state index contributed by atoms with van der Waals surface area (Å²) >= 11 is 0. The van der Waals surface area contributed by atoms with Crippen molar-refractivity contribution in [2.45, 2.75) is 6.54 Å². The Kier molecular flexibility index (Phi) is 4.42. The fourth-order valence-corrected chi connectivity index (χ4v) is 3.05. The number of amides is 1. The number of hydrogen-bond acceptors (Lipinski definition) is 3. The van der Waals surface area contributed by atoms with E-state index in [1.54, 1.807) is 43.4 Å². The van der Waals surface area contributed by atoms with E-state index in [1.807, 2.05) is 30.3 Å². The Morgan fingerprint density at radius 3 is 2.56 bits per heavy atom. The smallest absolute Gasteiger partial charge is 0.253 e. The molecule has 0 radical (unpaired) electrons. The summed E-state index contributed by atoms with van der Waals surface area (Å²) in [6.07, 6.45) is 0. The van der Waals surface area contributed by atoms with Crippen LogP contribution in [0.15, 0.2) is 77.3 Å². The van der Waals surface area contributed by atoms with E-state index in [9.17, 15) is 9.18 Å². The van der Waals surface area contributed by atoms with E-state index in [2.05, 4.69) is 5.16 Å². The van der Waals surface area contributed by atoms with E-state index >= 15 is 0 Å². The van der Waals surface area contributed by atoms with Crippen LogP contribution in [0, 0.1) is 5.82 Å². The summed E-state index contributed by atoms with van der Waals surface area (Å²) in [5, 5.41) is 4.84. The summed E-state index contributed by atoms with van der Waals surface area (Å²) in [4.78, 5) is 14.3. The molecule has 0 bridgehead atoms. The molecule has 1 amide bonds. The summed E-state index contributed by atoms with van der Waals surface area (Å²) in [6.45, 7) is 0.193. The third-order valence-corrected chi connectivity index (χ3v) is 4.47. The minimum atomic E-state index is -0.321. The Morgan fingerprint density at radius 1 is 1.04 bits per heavy atom. The van der Waals surface area contributed by atoms with Crippen molar-refractivity contribution < 1.29 is 13.7 Å². The molecule has 134 valence electrons.